The lowest BCUT2D eigenvalue weighted by Crippen LogP contribution is -2.53. The monoisotopic (exact) mass is 473 g/mol. The van der Waals surface area contributed by atoms with E-state index in [4.69, 9.17) is 10.00 Å². The molecule has 0 aliphatic carbocycles. The van der Waals surface area contributed by atoms with Crippen LogP contribution < -0.4 is 10.3 Å². The summed E-state index contributed by atoms with van der Waals surface area (Å²) in [4.78, 5) is 7.54. The van der Waals surface area contributed by atoms with Gasteiger partial charge in [-0.25, -0.2) is 19.3 Å². The predicted octanol–water partition coefficient (Wildman–Crippen LogP) is 3.54. The fourth-order valence-corrected chi connectivity index (χ4v) is 3.26. The smallest absolute Gasteiger partial charge is 0.323 e. The quantitative estimate of drug-likeness (QED) is 0.504. The molecule has 1 unspecified atom stereocenters. The molecule has 1 aromatic carbocycles. The number of nitrogens with zero attached hydrogens (tertiary/aromatic N) is 6. The van der Waals surface area contributed by atoms with Crippen LogP contribution in [0, 0.1) is 23.0 Å². The molecular weight excluding hydrogens is 458 g/mol. The third kappa shape index (κ3) is 4.36. The van der Waals surface area contributed by atoms with E-state index >= 15 is 8.78 Å². The Morgan fingerprint density at radius 3 is 2.38 bits per heavy atom. The van der Waals surface area contributed by atoms with Gasteiger partial charge in [0.15, 0.2) is 5.60 Å². The number of β-amino-alcohol motifs (C(OH)–C–C–N with tert-alkyl or cyclic N) is 1. The fourth-order valence-electron chi connectivity index (χ4n) is 3.26. The Bertz CT molecular complexity index is 1240. The standard InChI is InChI=1S/C21H15F4N7O2/c22-13-1-5-17(18(23)7-13)20(33,11-32-12-29-30-31-32)21(24,25)19-6-4-16(10-28-19)34-15-3-2-14(8-26)27-9-15/h1-7,9-10,33H,11-12H2,(H,29,31). The molecular formula is C21H15F4N7O2. The summed E-state index contributed by atoms with van der Waals surface area (Å²) in [5, 5.41) is 28.0. The van der Waals surface area contributed by atoms with Crippen LogP contribution in [-0.4, -0.2) is 33.3 Å². The molecule has 1 atom stereocenters. The van der Waals surface area contributed by atoms with Gasteiger partial charge in [-0.3, -0.25) is 4.98 Å². The average Bonchev–Trinajstić information content (AvgIpc) is 3.32. The van der Waals surface area contributed by atoms with E-state index in [1.165, 1.54) is 24.4 Å². The molecule has 0 amide bonds. The first-order valence-corrected chi connectivity index (χ1v) is 9.66. The maximum Gasteiger partial charge on any atom is 0.323 e. The normalized spacial score (nSPS) is 15.4. The van der Waals surface area contributed by atoms with Crippen LogP contribution in [0.5, 0.6) is 11.5 Å². The number of hydrogen-bond acceptors (Lipinski definition) is 9. The number of hydrazine groups is 1. The second-order valence-electron chi connectivity index (χ2n) is 7.21. The van der Waals surface area contributed by atoms with Gasteiger partial charge in [0, 0.05) is 11.6 Å². The molecule has 0 radical (unpaired) electrons. The lowest BCUT2D eigenvalue weighted by atomic mass is 9.84. The number of halogens is 4. The van der Waals surface area contributed by atoms with Crippen LogP contribution in [0.1, 0.15) is 17.0 Å². The van der Waals surface area contributed by atoms with Crippen LogP contribution in [0.2, 0.25) is 0 Å². The van der Waals surface area contributed by atoms with E-state index in [1.807, 2.05) is 6.07 Å². The highest BCUT2D eigenvalue weighted by Crippen LogP contribution is 2.46. The molecule has 9 nitrogen and oxygen atoms in total. The molecule has 34 heavy (non-hydrogen) atoms. The maximum atomic E-state index is 15.7. The molecule has 1 aliphatic heterocycles. The van der Waals surface area contributed by atoms with E-state index in [-0.39, 0.29) is 23.9 Å². The largest absolute Gasteiger partial charge is 0.454 e. The molecule has 0 saturated carbocycles. The minimum Gasteiger partial charge on any atom is -0.454 e. The van der Waals surface area contributed by atoms with E-state index < -0.39 is 41.0 Å². The molecule has 174 valence electrons. The van der Waals surface area contributed by atoms with Gasteiger partial charge in [-0.05, 0) is 30.3 Å². The van der Waals surface area contributed by atoms with Gasteiger partial charge >= 0.3 is 5.92 Å². The number of hydrogen-bond donors (Lipinski definition) is 2. The van der Waals surface area contributed by atoms with E-state index in [9.17, 15) is 13.9 Å². The summed E-state index contributed by atoms with van der Waals surface area (Å²) in [5.41, 5.74) is -2.42. The van der Waals surface area contributed by atoms with E-state index in [0.717, 1.165) is 29.4 Å². The summed E-state index contributed by atoms with van der Waals surface area (Å²) in [6.07, 6.45) is 2.26. The number of aromatic nitrogens is 2. The number of aliphatic hydroxyl groups is 1. The van der Waals surface area contributed by atoms with Crippen LogP contribution in [0.25, 0.3) is 0 Å². The van der Waals surface area contributed by atoms with Crippen LogP contribution in [0.3, 0.4) is 0 Å². The Balaban J connectivity index is 1.65. The molecule has 0 bridgehead atoms. The van der Waals surface area contributed by atoms with Crippen molar-refractivity contribution in [3.05, 3.63) is 83.4 Å². The number of nitrogens with one attached hydrogen (secondary N) is 1. The van der Waals surface area contributed by atoms with Crippen molar-refractivity contribution < 1.29 is 27.4 Å². The van der Waals surface area contributed by atoms with E-state index in [0.29, 0.717) is 6.07 Å². The Hall–Kier alpha value is -4.15. The molecule has 0 spiro atoms. The van der Waals surface area contributed by atoms with Gasteiger partial charge in [0.2, 0.25) is 0 Å². The van der Waals surface area contributed by atoms with E-state index in [2.05, 4.69) is 25.8 Å². The highest BCUT2D eigenvalue weighted by Gasteiger charge is 2.58. The van der Waals surface area contributed by atoms with Crippen LogP contribution >= 0.6 is 0 Å². The highest BCUT2D eigenvalue weighted by atomic mass is 19.3. The Kier molecular flexibility index (Phi) is 6.10. The zero-order chi connectivity index (χ0) is 24.3. The second kappa shape index (κ2) is 9.00. The molecule has 2 N–H and O–H groups in total. The summed E-state index contributed by atoms with van der Waals surface area (Å²) in [7, 11) is 0. The van der Waals surface area contributed by atoms with Crippen molar-refractivity contribution in [3.63, 3.8) is 0 Å². The summed E-state index contributed by atoms with van der Waals surface area (Å²) < 4.78 is 64.8. The Morgan fingerprint density at radius 1 is 1.09 bits per heavy atom. The van der Waals surface area contributed by atoms with Crippen LogP contribution in [-0.2, 0) is 11.5 Å². The van der Waals surface area contributed by atoms with Gasteiger partial charge in [0.05, 0.1) is 18.9 Å². The molecule has 3 heterocycles. The third-order valence-corrected chi connectivity index (χ3v) is 4.95. The van der Waals surface area contributed by atoms with Crippen molar-refractivity contribution in [3.8, 4) is 17.6 Å². The second-order valence-corrected chi connectivity index (χ2v) is 7.21. The number of nitriles is 1. The number of rotatable bonds is 7. The first-order valence-electron chi connectivity index (χ1n) is 9.66. The summed E-state index contributed by atoms with van der Waals surface area (Å²) in [5.74, 6) is -6.19. The number of ether oxygens (including phenoxy) is 1. The SMILES string of the molecule is N#Cc1ccc(Oc2ccc(C(F)(F)C(O)(CN3CN=NN3)c3ccc(F)cc3F)nc2)cn1. The molecule has 0 fully saturated rings. The molecule has 0 saturated heterocycles. The Labute approximate surface area is 189 Å². The molecule has 4 rings (SSSR count). The summed E-state index contributed by atoms with van der Waals surface area (Å²) in [6, 6.07) is 8.72. The fraction of sp³-hybridized carbons (Fsp3) is 0.190. The lowest BCUT2D eigenvalue weighted by molar-refractivity contribution is -0.210. The minimum absolute atomic E-state index is 0.0707. The van der Waals surface area contributed by atoms with Crippen molar-refractivity contribution >= 4 is 0 Å². The van der Waals surface area contributed by atoms with Crippen LogP contribution in [0.15, 0.2) is 65.2 Å². The van der Waals surface area contributed by atoms with Crippen molar-refractivity contribution in [2.75, 3.05) is 13.2 Å². The van der Waals surface area contributed by atoms with Gasteiger partial charge in [0.1, 0.15) is 47.3 Å². The highest BCUT2D eigenvalue weighted by molar-refractivity contribution is 5.35. The molecule has 3 aromatic rings. The molecule has 13 heteroatoms. The first kappa shape index (κ1) is 23.0. The number of alkyl halides is 2. The summed E-state index contributed by atoms with van der Waals surface area (Å²) in [6.45, 7) is -1.04. The minimum atomic E-state index is -4.15. The lowest BCUT2D eigenvalue weighted by Gasteiger charge is -2.38. The zero-order valence-electron chi connectivity index (χ0n) is 17.2. The van der Waals surface area contributed by atoms with Crippen molar-refractivity contribution in [1.82, 2.24) is 20.5 Å². The third-order valence-electron chi connectivity index (χ3n) is 4.95. The van der Waals surface area contributed by atoms with Gasteiger partial charge in [-0.15, -0.1) is 0 Å². The van der Waals surface area contributed by atoms with Gasteiger partial charge in [-0.1, -0.05) is 11.3 Å². The summed E-state index contributed by atoms with van der Waals surface area (Å²) >= 11 is 0. The topological polar surface area (TPSA) is 119 Å². The number of pyridine rings is 2. The average molecular weight is 473 g/mol. The number of benzene rings is 1. The molecule has 2 aromatic heterocycles. The van der Waals surface area contributed by atoms with Crippen molar-refractivity contribution in [2.45, 2.75) is 11.5 Å². The predicted molar refractivity (Wildman–Crippen MR) is 107 cm³/mol. The van der Waals surface area contributed by atoms with Crippen molar-refractivity contribution in [2.24, 2.45) is 10.3 Å². The van der Waals surface area contributed by atoms with Crippen molar-refractivity contribution in [1.29, 1.82) is 5.26 Å². The molecule has 1 aliphatic rings. The van der Waals surface area contributed by atoms with Gasteiger partial charge in [0.25, 0.3) is 0 Å². The zero-order valence-corrected chi connectivity index (χ0v) is 17.2. The van der Waals surface area contributed by atoms with Gasteiger partial charge < -0.3 is 9.84 Å². The Morgan fingerprint density at radius 2 is 1.82 bits per heavy atom. The van der Waals surface area contributed by atoms with Crippen LogP contribution in [0.4, 0.5) is 17.6 Å². The van der Waals surface area contributed by atoms with E-state index in [1.54, 1.807) is 0 Å². The first-order chi connectivity index (χ1) is 16.2. The maximum absolute atomic E-state index is 15.7. The van der Waals surface area contributed by atoms with Gasteiger partial charge in [-0.2, -0.15) is 24.2 Å².